The normalized spacial score (nSPS) is 15.9. The van der Waals surface area contributed by atoms with Crippen LogP contribution in [0.4, 0.5) is 0 Å². The Hall–Kier alpha value is -1.75. The van der Waals surface area contributed by atoms with E-state index in [1.54, 1.807) is 0 Å². The maximum atomic E-state index is 5.76. The van der Waals surface area contributed by atoms with E-state index in [-0.39, 0.29) is 0 Å². The van der Waals surface area contributed by atoms with Crippen LogP contribution in [0, 0.1) is 12.8 Å². The van der Waals surface area contributed by atoms with E-state index in [9.17, 15) is 0 Å². The molecule has 1 aromatic carbocycles. The molecule has 1 saturated heterocycles. The fourth-order valence-electron chi connectivity index (χ4n) is 3.00. The van der Waals surface area contributed by atoms with Crippen LogP contribution in [0.3, 0.4) is 0 Å². The van der Waals surface area contributed by atoms with E-state index >= 15 is 0 Å². The Balaban J connectivity index is 1.59. The second-order valence-electron chi connectivity index (χ2n) is 6.76. The number of aryl methyl sites for hydroxylation is 1. The molecule has 5 nitrogen and oxygen atoms in total. The summed E-state index contributed by atoms with van der Waals surface area (Å²) in [6.07, 6.45) is 4.53. The molecule has 1 aliphatic heterocycles. The molecule has 2 rings (SSSR count). The first-order chi connectivity index (χ1) is 12.2. The number of rotatable bonds is 8. The SMILES string of the molecule is CN=C(NCCCOc1ccc(C)cc1)N(C)CCC1CCOCC1. The molecule has 140 valence electrons. The van der Waals surface area contributed by atoms with Crippen LogP contribution in [0.2, 0.25) is 0 Å². The summed E-state index contributed by atoms with van der Waals surface area (Å²) >= 11 is 0. The second-order valence-corrected chi connectivity index (χ2v) is 6.76. The van der Waals surface area contributed by atoms with Crippen LogP contribution in [0.25, 0.3) is 0 Å². The number of hydrogen-bond acceptors (Lipinski definition) is 3. The largest absolute Gasteiger partial charge is 0.494 e. The van der Waals surface area contributed by atoms with Crippen molar-refractivity contribution in [2.24, 2.45) is 10.9 Å². The predicted molar refractivity (Wildman–Crippen MR) is 103 cm³/mol. The molecule has 1 fully saturated rings. The fourth-order valence-corrected chi connectivity index (χ4v) is 3.00. The lowest BCUT2D eigenvalue weighted by Gasteiger charge is -2.26. The number of guanidine groups is 1. The van der Waals surface area contributed by atoms with Crippen LogP contribution in [0.15, 0.2) is 29.3 Å². The Labute approximate surface area is 152 Å². The highest BCUT2D eigenvalue weighted by Crippen LogP contribution is 2.18. The summed E-state index contributed by atoms with van der Waals surface area (Å²) in [5.74, 6) is 2.68. The van der Waals surface area contributed by atoms with Crippen molar-refractivity contribution >= 4 is 5.96 Å². The Morgan fingerprint density at radius 2 is 2.00 bits per heavy atom. The Morgan fingerprint density at radius 3 is 2.68 bits per heavy atom. The van der Waals surface area contributed by atoms with Crippen molar-refractivity contribution in [2.75, 3.05) is 47.0 Å². The monoisotopic (exact) mass is 347 g/mol. The van der Waals surface area contributed by atoms with Gasteiger partial charge in [-0.2, -0.15) is 0 Å². The van der Waals surface area contributed by atoms with E-state index in [1.807, 2.05) is 19.2 Å². The molecule has 1 heterocycles. The van der Waals surface area contributed by atoms with E-state index in [2.05, 4.69) is 41.3 Å². The van der Waals surface area contributed by atoms with Gasteiger partial charge in [-0.25, -0.2) is 0 Å². The standard InChI is InChI=1S/C20H33N3O2/c1-17-5-7-19(8-6-17)25-14-4-12-22-20(21-2)23(3)13-9-18-10-15-24-16-11-18/h5-8,18H,4,9-16H2,1-3H3,(H,21,22). The molecule has 0 bridgehead atoms. The van der Waals surface area contributed by atoms with Gasteiger partial charge in [0.15, 0.2) is 5.96 Å². The van der Waals surface area contributed by atoms with Crippen molar-refractivity contribution in [1.82, 2.24) is 10.2 Å². The van der Waals surface area contributed by atoms with Gasteiger partial charge in [-0.1, -0.05) is 17.7 Å². The summed E-state index contributed by atoms with van der Waals surface area (Å²) in [4.78, 5) is 6.60. The maximum absolute atomic E-state index is 5.76. The molecular formula is C20H33N3O2. The number of nitrogens with zero attached hydrogens (tertiary/aromatic N) is 2. The lowest BCUT2D eigenvalue weighted by atomic mass is 9.96. The molecule has 0 amide bonds. The highest BCUT2D eigenvalue weighted by molar-refractivity contribution is 5.79. The Bertz CT molecular complexity index is 510. The second kappa shape index (κ2) is 11.0. The van der Waals surface area contributed by atoms with Crippen molar-refractivity contribution < 1.29 is 9.47 Å². The molecule has 0 saturated carbocycles. The molecule has 0 atom stereocenters. The summed E-state index contributed by atoms with van der Waals surface area (Å²) in [5.41, 5.74) is 1.25. The number of ether oxygens (including phenoxy) is 2. The van der Waals surface area contributed by atoms with Gasteiger partial charge in [-0.3, -0.25) is 4.99 Å². The predicted octanol–water partition coefficient (Wildman–Crippen LogP) is 3.09. The Morgan fingerprint density at radius 1 is 1.28 bits per heavy atom. The minimum atomic E-state index is 0.707. The minimum absolute atomic E-state index is 0.707. The summed E-state index contributed by atoms with van der Waals surface area (Å²) < 4.78 is 11.2. The zero-order valence-corrected chi connectivity index (χ0v) is 16.0. The molecule has 1 aliphatic rings. The van der Waals surface area contributed by atoms with Crippen LogP contribution < -0.4 is 10.1 Å². The van der Waals surface area contributed by atoms with Crippen molar-refractivity contribution in [3.05, 3.63) is 29.8 Å². The van der Waals surface area contributed by atoms with Gasteiger partial charge in [0.25, 0.3) is 0 Å². The summed E-state index contributed by atoms with van der Waals surface area (Å²) in [6.45, 7) is 6.52. The zero-order chi connectivity index (χ0) is 17.9. The molecule has 1 aromatic rings. The number of nitrogens with one attached hydrogen (secondary N) is 1. The Kier molecular flexibility index (Phi) is 8.60. The number of benzene rings is 1. The summed E-state index contributed by atoms with van der Waals surface area (Å²) in [5, 5.41) is 3.42. The maximum Gasteiger partial charge on any atom is 0.193 e. The third-order valence-electron chi connectivity index (χ3n) is 4.68. The first kappa shape index (κ1) is 19.6. The first-order valence-corrected chi connectivity index (χ1v) is 9.38. The molecule has 0 spiro atoms. The molecule has 0 unspecified atom stereocenters. The zero-order valence-electron chi connectivity index (χ0n) is 16.0. The van der Waals surface area contributed by atoms with E-state index in [4.69, 9.17) is 9.47 Å². The molecule has 0 radical (unpaired) electrons. The molecule has 0 aliphatic carbocycles. The average Bonchev–Trinajstić information content (AvgIpc) is 2.65. The van der Waals surface area contributed by atoms with E-state index in [0.29, 0.717) is 6.61 Å². The van der Waals surface area contributed by atoms with Gasteiger partial charge in [-0.15, -0.1) is 0 Å². The van der Waals surface area contributed by atoms with Crippen LogP contribution in [-0.4, -0.2) is 57.9 Å². The van der Waals surface area contributed by atoms with E-state index < -0.39 is 0 Å². The minimum Gasteiger partial charge on any atom is -0.494 e. The van der Waals surface area contributed by atoms with Crippen molar-refractivity contribution in [3.8, 4) is 5.75 Å². The van der Waals surface area contributed by atoms with Gasteiger partial charge in [0.2, 0.25) is 0 Å². The topological polar surface area (TPSA) is 46.1 Å². The van der Waals surface area contributed by atoms with Crippen molar-refractivity contribution in [2.45, 2.75) is 32.6 Å². The van der Waals surface area contributed by atoms with Gasteiger partial charge in [0.1, 0.15) is 5.75 Å². The van der Waals surface area contributed by atoms with Crippen LogP contribution in [0.1, 0.15) is 31.2 Å². The van der Waals surface area contributed by atoms with Gasteiger partial charge in [-0.05, 0) is 50.7 Å². The fraction of sp³-hybridized carbons (Fsp3) is 0.650. The highest BCUT2D eigenvalue weighted by atomic mass is 16.5. The van der Waals surface area contributed by atoms with Crippen LogP contribution >= 0.6 is 0 Å². The smallest absolute Gasteiger partial charge is 0.193 e. The summed E-state index contributed by atoms with van der Waals surface area (Å²) in [6, 6.07) is 8.18. The lowest BCUT2D eigenvalue weighted by Crippen LogP contribution is -2.40. The van der Waals surface area contributed by atoms with Crippen LogP contribution in [-0.2, 0) is 4.74 Å². The van der Waals surface area contributed by atoms with E-state index in [0.717, 1.165) is 50.4 Å². The third kappa shape index (κ3) is 7.34. The number of hydrogen-bond donors (Lipinski definition) is 1. The van der Waals surface area contributed by atoms with E-state index in [1.165, 1.54) is 24.8 Å². The molecule has 1 N–H and O–H groups in total. The van der Waals surface area contributed by atoms with Crippen molar-refractivity contribution in [3.63, 3.8) is 0 Å². The summed E-state index contributed by atoms with van der Waals surface area (Å²) in [7, 11) is 3.95. The van der Waals surface area contributed by atoms with Gasteiger partial charge >= 0.3 is 0 Å². The van der Waals surface area contributed by atoms with Gasteiger partial charge in [0, 0.05) is 40.4 Å². The molecule has 25 heavy (non-hydrogen) atoms. The molecular weight excluding hydrogens is 314 g/mol. The first-order valence-electron chi connectivity index (χ1n) is 9.38. The average molecular weight is 348 g/mol. The highest BCUT2D eigenvalue weighted by Gasteiger charge is 2.15. The third-order valence-corrected chi connectivity index (χ3v) is 4.68. The lowest BCUT2D eigenvalue weighted by molar-refractivity contribution is 0.0625. The van der Waals surface area contributed by atoms with Gasteiger partial charge < -0.3 is 19.7 Å². The van der Waals surface area contributed by atoms with Gasteiger partial charge in [0.05, 0.1) is 6.61 Å². The quantitative estimate of drug-likeness (QED) is 0.446. The van der Waals surface area contributed by atoms with Crippen LogP contribution in [0.5, 0.6) is 5.75 Å². The molecule has 0 aromatic heterocycles. The molecule has 5 heteroatoms. The number of aliphatic imine (C=N–C) groups is 1. The van der Waals surface area contributed by atoms with Crippen molar-refractivity contribution in [1.29, 1.82) is 0 Å².